The maximum Gasteiger partial charge on any atom is 0.638 e. The van der Waals surface area contributed by atoms with E-state index in [1.54, 1.807) is 0 Å². The highest BCUT2D eigenvalue weighted by molar-refractivity contribution is 6.32. The average molecular weight is 438 g/mol. The van der Waals surface area contributed by atoms with Crippen molar-refractivity contribution in [3.8, 4) is 0 Å². The van der Waals surface area contributed by atoms with E-state index >= 15 is 0 Å². The van der Waals surface area contributed by atoms with Crippen molar-refractivity contribution in [2.45, 2.75) is 88.1 Å². The van der Waals surface area contributed by atoms with Gasteiger partial charge in [0.1, 0.15) is 0 Å². The van der Waals surface area contributed by atoms with E-state index in [0.717, 1.165) is 0 Å². The van der Waals surface area contributed by atoms with E-state index in [-0.39, 0.29) is 25.7 Å². The lowest BCUT2D eigenvalue weighted by atomic mass is 9.99. The van der Waals surface area contributed by atoms with Crippen molar-refractivity contribution >= 4 is 7.32 Å². The van der Waals surface area contributed by atoms with Crippen LogP contribution >= 0.6 is 0 Å². The molecule has 0 rings (SSSR count). The van der Waals surface area contributed by atoms with Gasteiger partial charge in [0.05, 0.1) is 0 Å². The molecule has 0 heterocycles. The molecule has 0 amide bonds. The molecular formula is C14H21BF10O3. The Hall–Kier alpha value is -0.755. The zero-order chi connectivity index (χ0) is 22.2. The molecule has 168 valence electrons. The molecule has 14 heteroatoms. The van der Waals surface area contributed by atoms with Crippen molar-refractivity contribution in [2.24, 2.45) is 0 Å². The second-order valence-electron chi connectivity index (χ2n) is 6.25. The minimum Gasteiger partial charge on any atom is -0.402 e. The average Bonchev–Trinajstić information content (AvgIpc) is 2.50. The Morgan fingerprint density at radius 3 is 1.57 bits per heavy atom. The van der Waals surface area contributed by atoms with Gasteiger partial charge in [0.2, 0.25) is 0 Å². The van der Waals surface area contributed by atoms with E-state index in [2.05, 4.69) is 4.65 Å². The van der Waals surface area contributed by atoms with Crippen molar-refractivity contribution in [1.82, 2.24) is 0 Å². The first-order chi connectivity index (χ1) is 12.5. The zero-order valence-electron chi connectivity index (χ0n) is 14.6. The number of alkyl halides is 10. The normalized spacial score (nSPS) is 15.0. The fraction of sp³-hybridized carbons (Fsp3) is 1.00. The van der Waals surface area contributed by atoms with Crippen molar-refractivity contribution in [3.63, 3.8) is 0 Å². The summed E-state index contributed by atoms with van der Waals surface area (Å²) in [6.45, 7) is 0. The van der Waals surface area contributed by atoms with Crippen molar-refractivity contribution in [3.05, 3.63) is 0 Å². The van der Waals surface area contributed by atoms with Crippen LogP contribution in [0.4, 0.5) is 43.9 Å². The van der Waals surface area contributed by atoms with Gasteiger partial charge >= 0.3 is 31.5 Å². The Kier molecular flexibility index (Phi) is 10.6. The number of hydrogen-bond donors (Lipinski definition) is 2. The van der Waals surface area contributed by atoms with E-state index in [4.69, 9.17) is 10.0 Å². The van der Waals surface area contributed by atoms with Gasteiger partial charge in [0, 0.05) is 6.42 Å². The van der Waals surface area contributed by atoms with Crippen molar-refractivity contribution in [2.75, 3.05) is 0 Å². The van der Waals surface area contributed by atoms with Crippen LogP contribution in [0, 0.1) is 0 Å². The monoisotopic (exact) mass is 438 g/mol. The number of halogens is 10. The van der Waals surface area contributed by atoms with Crippen molar-refractivity contribution in [1.29, 1.82) is 0 Å². The molecular weight excluding hydrogens is 417 g/mol. The van der Waals surface area contributed by atoms with Gasteiger partial charge in [-0.3, -0.25) is 0 Å². The highest BCUT2D eigenvalue weighted by Crippen LogP contribution is 2.49. The smallest absolute Gasteiger partial charge is 0.402 e. The van der Waals surface area contributed by atoms with Crippen LogP contribution in [0.1, 0.15) is 57.8 Å². The van der Waals surface area contributed by atoms with Crippen LogP contribution in [-0.4, -0.2) is 47.7 Å². The predicted molar refractivity (Wildman–Crippen MR) is 78.6 cm³/mol. The van der Waals surface area contributed by atoms with E-state index in [1.165, 1.54) is 0 Å². The highest BCUT2D eigenvalue weighted by Gasteiger charge is 2.76. The maximum atomic E-state index is 13.5. The van der Waals surface area contributed by atoms with Gasteiger partial charge in [-0.1, -0.05) is 38.5 Å². The summed E-state index contributed by atoms with van der Waals surface area (Å²) in [5.41, 5.74) is 0. The van der Waals surface area contributed by atoms with Crippen LogP contribution in [-0.2, 0) is 4.65 Å². The number of rotatable bonds is 14. The molecule has 1 atom stereocenters. The molecule has 28 heavy (non-hydrogen) atoms. The first-order valence-electron chi connectivity index (χ1n) is 8.43. The second-order valence-corrected chi connectivity index (χ2v) is 6.25. The molecule has 3 nitrogen and oxygen atoms in total. The summed E-state index contributed by atoms with van der Waals surface area (Å²) in [6, 6.07) is 0. The van der Waals surface area contributed by atoms with Crippen molar-refractivity contribution < 1.29 is 58.6 Å². The Morgan fingerprint density at radius 2 is 1.14 bits per heavy atom. The van der Waals surface area contributed by atoms with Gasteiger partial charge in [0.15, 0.2) is 6.17 Å². The summed E-state index contributed by atoms with van der Waals surface area (Å²) in [4.78, 5) is 0. The third-order valence-electron chi connectivity index (χ3n) is 3.85. The Bertz CT molecular complexity index is 446. The van der Waals surface area contributed by atoms with Gasteiger partial charge in [-0.25, -0.2) is 4.39 Å². The second kappa shape index (κ2) is 10.9. The van der Waals surface area contributed by atoms with Crippen LogP contribution in [0.5, 0.6) is 0 Å². The van der Waals surface area contributed by atoms with Gasteiger partial charge in [0.25, 0.3) is 0 Å². The molecule has 0 fully saturated rings. The summed E-state index contributed by atoms with van der Waals surface area (Å²) in [5, 5.41) is 16.2. The largest absolute Gasteiger partial charge is 0.638 e. The van der Waals surface area contributed by atoms with E-state index in [9.17, 15) is 43.9 Å². The Morgan fingerprint density at radius 1 is 0.714 bits per heavy atom. The molecule has 0 saturated heterocycles. The molecule has 0 saturated carbocycles. The molecule has 0 aliphatic rings. The highest BCUT2D eigenvalue weighted by atomic mass is 19.4. The number of unbranched alkanes of at least 4 members (excludes halogenated alkanes) is 6. The standard InChI is InChI=1S/C14H21BF10O3/c16-10(8-6-4-2-1-3-5-7-9-11(17,18)19)12(20,21)13(22,23)14(24,25)28-15(26)27/h10,26-27H,1-9H2. The quantitative estimate of drug-likeness (QED) is 0.222. The van der Waals surface area contributed by atoms with E-state index < -0.39 is 50.5 Å². The molecule has 0 aromatic carbocycles. The first-order valence-corrected chi connectivity index (χ1v) is 8.43. The van der Waals surface area contributed by atoms with Crippen LogP contribution in [0.3, 0.4) is 0 Å². The molecule has 0 bridgehead atoms. The molecule has 2 N–H and O–H groups in total. The van der Waals surface area contributed by atoms with Crippen LogP contribution in [0.15, 0.2) is 0 Å². The third kappa shape index (κ3) is 8.72. The lowest BCUT2D eigenvalue weighted by Gasteiger charge is -2.33. The first kappa shape index (κ1) is 27.2. The van der Waals surface area contributed by atoms with E-state index in [1.807, 2.05) is 0 Å². The molecule has 1 unspecified atom stereocenters. The lowest BCUT2D eigenvalue weighted by Crippen LogP contribution is -2.60. The number of hydrogen-bond acceptors (Lipinski definition) is 3. The van der Waals surface area contributed by atoms with Crippen LogP contribution in [0.2, 0.25) is 0 Å². The molecule has 0 spiro atoms. The molecule has 0 aliphatic carbocycles. The fourth-order valence-electron chi connectivity index (χ4n) is 2.31. The Balaban J connectivity index is 4.27. The molecule has 0 aromatic heterocycles. The Labute approximate surface area is 155 Å². The SMILES string of the molecule is OB(O)OC(F)(F)C(F)(F)C(F)(F)C(F)CCCCCCCCCC(F)(F)F. The maximum absolute atomic E-state index is 13.5. The zero-order valence-corrected chi connectivity index (χ0v) is 14.6. The summed E-state index contributed by atoms with van der Waals surface area (Å²) < 4.78 is 131. The van der Waals surface area contributed by atoms with Gasteiger partial charge in [-0.15, -0.1) is 0 Å². The third-order valence-corrected chi connectivity index (χ3v) is 3.85. The lowest BCUT2D eigenvalue weighted by molar-refractivity contribution is -0.388. The fourth-order valence-corrected chi connectivity index (χ4v) is 2.31. The van der Waals surface area contributed by atoms with Crippen LogP contribution in [0.25, 0.3) is 0 Å². The molecule has 0 radical (unpaired) electrons. The van der Waals surface area contributed by atoms with Gasteiger partial charge in [-0.05, 0) is 12.8 Å². The topological polar surface area (TPSA) is 49.7 Å². The van der Waals surface area contributed by atoms with Gasteiger partial charge < -0.3 is 14.7 Å². The summed E-state index contributed by atoms with van der Waals surface area (Å²) in [5.74, 6) is -12.2. The predicted octanol–water partition coefficient (Wildman–Crippen LogP) is 5.25. The summed E-state index contributed by atoms with van der Waals surface area (Å²) >= 11 is 0. The molecule has 0 aliphatic heterocycles. The minimum absolute atomic E-state index is 0.0732. The molecule has 0 aromatic rings. The summed E-state index contributed by atoms with van der Waals surface area (Å²) in [6.07, 6.45) is -14.9. The van der Waals surface area contributed by atoms with Crippen LogP contribution < -0.4 is 0 Å². The minimum atomic E-state index is -6.35. The summed E-state index contributed by atoms with van der Waals surface area (Å²) in [7, 11) is -3.48. The van der Waals surface area contributed by atoms with Gasteiger partial charge in [-0.2, -0.15) is 39.5 Å². The van der Waals surface area contributed by atoms with E-state index in [0.29, 0.717) is 19.3 Å².